The number of rotatable bonds is 2. The second-order valence-corrected chi connectivity index (χ2v) is 19.6. The topological polar surface area (TPSA) is 6.48 Å². The van der Waals surface area contributed by atoms with Crippen molar-refractivity contribution in [1.29, 1.82) is 0 Å². The first-order valence-corrected chi connectivity index (χ1v) is 22.6. The largest absolute Gasteiger partial charge is 0.311 e. The van der Waals surface area contributed by atoms with E-state index < -0.39 is 0 Å². The molecule has 282 valence electrons. The Kier molecular flexibility index (Phi) is 6.02. The fourth-order valence-corrected chi connectivity index (χ4v) is 15.5. The van der Waals surface area contributed by atoms with Crippen molar-refractivity contribution in [1.82, 2.24) is 0 Å². The van der Waals surface area contributed by atoms with E-state index in [4.69, 9.17) is 0 Å². The van der Waals surface area contributed by atoms with Gasteiger partial charge in [0.2, 0.25) is 0 Å². The average molecular weight is 757 g/mol. The first-order valence-electron chi connectivity index (χ1n) is 22.6. The van der Waals surface area contributed by atoms with Crippen LogP contribution in [0.15, 0.2) is 152 Å². The van der Waals surface area contributed by atoms with Crippen molar-refractivity contribution in [3.63, 3.8) is 0 Å². The summed E-state index contributed by atoms with van der Waals surface area (Å²) < 4.78 is 0. The molecule has 0 saturated heterocycles. The minimum Gasteiger partial charge on any atom is -0.311 e. The molecule has 4 fully saturated rings. The van der Waals surface area contributed by atoms with Crippen LogP contribution in [0.4, 0.5) is 34.1 Å². The molecule has 7 aromatic rings. The Balaban J connectivity index is 0.985. The van der Waals surface area contributed by atoms with Gasteiger partial charge in [-0.25, -0.2) is 0 Å². The van der Waals surface area contributed by atoms with Crippen LogP contribution in [0.1, 0.15) is 73.6 Å². The highest BCUT2D eigenvalue weighted by molar-refractivity contribution is 7.00. The molecule has 2 spiro atoms. The molecule has 3 heteroatoms. The van der Waals surface area contributed by atoms with Gasteiger partial charge in [-0.1, -0.05) is 122 Å². The van der Waals surface area contributed by atoms with Crippen LogP contribution >= 0.6 is 0 Å². The van der Waals surface area contributed by atoms with E-state index in [0.29, 0.717) is 0 Å². The molecule has 0 radical (unpaired) electrons. The molecule has 6 aliphatic carbocycles. The molecule has 0 N–H and O–H groups in total. The highest BCUT2D eigenvalue weighted by Crippen LogP contribution is 2.68. The van der Waals surface area contributed by atoms with Crippen molar-refractivity contribution < 1.29 is 0 Å². The zero-order valence-corrected chi connectivity index (χ0v) is 33.4. The molecule has 6 atom stereocenters. The lowest BCUT2D eigenvalue weighted by Gasteiger charge is -2.45. The Morgan fingerprint density at radius 3 is 1.81 bits per heavy atom. The Morgan fingerprint density at radius 1 is 0.441 bits per heavy atom. The third-order valence-corrected chi connectivity index (χ3v) is 17.4. The quantitative estimate of drug-likeness (QED) is 0.162. The van der Waals surface area contributed by atoms with Crippen LogP contribution in [0.3, 0.4) is 0 Å². The van der Waals surface area contributed by atoms with Gasteiger partial charge in [0.1, 0.15) is 0 Å². The SMILES string of the molecule is c1ccc(N2c3cccc4c3B(c3ccccc3N4c3ccc4c(c3)[C@]3(C[C@H]5CC[C@@H]3C5)c3ccccc3-4)c3ccc4c(c32)-c2ccccc2[C@]42C[C@H]3CC[C@@H]2C3)cc1. The molecule has 59 heavy (non-hydrogen) atoms. The van der Waals surface area contributed by atoms with Crippen LogP contribution in [0.5, 0.6) is 0 Å². The van der Waals surface area contributed by atoms with Crippen LogP contribution in [0.2, 0.25) is 0 Å². The standard InChI is InChI=1S/C56H45BN2/c1-2-11-38(12-3-1)59-51-20-10-19-50-53(51)57(48-28-27-45-52(54(48)59)42-14-5-7-16-44(42)55(45)32-34-21-23-36(55)29-34)47-17-8-9-18-49(47)58(50)39-25-26-41-40-13-4-6-15-43(40)56(46(41)31-39)33-35-22-24-37(56)30-35/h1-20,25-28,31,34-37H,21-24,29-30,32-33H2/t34-,35-,36+,37+,55+,56-/m0/s1. The summed E-state index contributed by atoms with van der Waals surface area (Å²) in [4.78, 5) is 5.30. The molecule has 8 aliphatic rings. The summed E-state index contributed by atoms with van der Waals surface area (Å²) in [5.41, 5.74) is 24.6. The van der Waals surface area contributed by atoms with Crippen molar-refractivity contribution in [3.05, 3.63) is 174 Å². The molecule has 0 aromatic heterocycles. The molecule has 15 rings (SSSR count). The third-order valence-electron chi connectivity index (χ3n) is 17.4. The van der Waals surface area contributed by atoms with Crippen molar-refractivity contribution >= 4 is 57.2 Å². The second-order valence-electron chi connectivity index (χ2n) is 19.6. The summed E-state index contributed by atoms with van der Waals surface area (Å²) in [6, 6.07) is 59.5. The Hall–Kier alpha value is -5.80. The predicted octanol–water partition coefficient (Wildman–Crippen LogP) is 11.9. The first-order chi connectivity index (χ1) is 29.2. The summed E-state index contributed by atoms with van der Waals surface area (Å²) in [5.74, 6) is 3.14. The molecule has 4 saturated carbocycles. The van der Waals surface area contributed by atoms with Crippen molar-refractivity contribution in [2.24, 2.45) is 23.7 Å². The summed E-state index contributed by atoms with van der Waals surface area (Å²) in [6.45, 7) is 0.119. The number of fused-ring (bicyclic) bond motifs is 21. The van der Waals surface area contributed by atoms with Crippen LogP contribution in [0.25, 0.3) is 22.3 Å². The van der Waals surface area contributed by atoms with Gasteiger partial charge in [-0.3, -0.25) is 0 Å². The van der Waals surface area contributed by atoms with E-state index in [9.17, 15) is 0 Å². The molecular formula is C56H45BN2. The summed E-state index contributed by atoms with van der Waals surface area (Å²) >= 11 is 0. The summed E-state index contributed by atoms with van der Waals surface area (Å²) in [6.07, 6.45) is 10.9. The minimum absolute atomic E-state index is 0.119. The van der Waals surface area contributed by atoms with E-state index in [1.165, 1.54) is 124 Å². The van der Waals surface area contributed by atoms with Gasteiger partial charge in [0.25, 0.3) is 6.71 Å². The average Bonchev–Trinajstić information content (AvgIpc) is 4.17. The molecule has 4 bridgehead atoms. The molecule has 2 aliphatic heterocycles. The van der Waals surface area contributed by atoms with E-state index in [1.54, 1.807) is 22.3 Å². The second kappa shape index (κ2) is 11.1. The summed E-state index contributed by atoms with van der Waals surface area (Å²) in [7, 11) is 0. The zero-order chi connectivity index (χ0) is 38.2. The number of benzene rings is 7. The Bertz CT molecular complexity index is 2990. The Labute approximate surface area is 347 Å². The maximum atomic E-state index is 2.67. The van der Waals surface area contributed by atoms with Gasteiger partial charge >= 0.3 is 0 Å². The van der Waals surface area contributed by atoms with Crippen LogP contribution < -0.4 is 26.2 Å². The Morgan fingerprint density at radius 2 is 1.07 bits per heavy atom. The first kappa shape index (κ1) is 32.1. The highest BCUT2D eigenvalue weighted by Gasteiger charge is 2.59. The number of para-hydroxylation sites is 2. The number of anilines is 6. The van der Waals surface area contributed by atoms with E-state index >= 15 is 0 Å². The number of nitrogens with zero attached hydrogens (tertiary/aromatic N) is 2. The number of hydrogen-bond donors (Lipinski definition) is 0. The smallest absolute Gasteiger partial charge is 0.252 e. The lowest BCUT2D eigenvalue weighted by molar-refractivity contribution is 0.327. The molecule has 0 unspecified atom stereocenters. The molecule has 2 heterocycles. The van der Waals surface area contributed by atoms with E-state index in [2.05, 4.69) is 161 Å². The maximum absolute atomic E-state index is 2.67. The van der Waals surface area contributed by atoms with E-state index in [0.717, 1.165) is 23.7 Å². The van der Waals surface area contributed by atoms with Gasteiger partial charge < -0.3 is 9.80 Å². The van der Waals surface area contributed by atoms with Crippen molar-refractivity contribution in [2.75, 3.05) is 9.80 Å². The van der Waals surface area contributed by atoms with Crippen LogP contribution in [0, 0.1) is 23.7 Å². The van der Waals surface area contributed by atoms with Crippen molar-refractivity contribution in [2.45, 2.75) is 62.2 Å². The van der Waals surface area contributed by atoms with Crippen LogP contribution in [-0.2, 0) is 10.8 Å². The van der Waals surface area contributed by atoms with Gasteiger partial charge in [0.05, 0.1) is 0 Å². The van der Waals surface area contributed by atoms with Crippen molar-refractivity contribution in [3.8, 4) is 22.3 Å². The van der Waals surface area contributed by atoms with Gasteiger partial charge in [-0.05, 0) is 160 Å². The third kappa shape index (κ3) is 3.75. The normalized spacial score (nSPS) is 27.5. The fourth-order valence-electron chi connectivity index (χ4n) is 15.5. The highest BCUT2D eigenvalue weighted by atomic mass is 15.2. The molecular weight excluding hydrogens is 711 g/mol. The number of hydrogen-bond acceptors (Lipinski definition) is 2. The lowest BCUT2D eigenvalue weighted by atomic mass is 9.33. The van der Waals surface area contributed by atoms with Gasteiger partial charge in [-0.15, -0.1) is 0 Å². The van der Waals surface area contributed by atoms with E-state index in [-0.39, 0.29) is 17.5 Å². The maximum Gasteiger partial charge on any atom is 0.252 e. The summed E-state index contributed by atoms with van der Waals surface area (Å²) in [5, 5.41) is 0. The van der Waals surface area contributed by atoms with Crippen LogP contribution in [-0.4, -0.2) is 6.71 Å². The van der Waals surface area contributed by atoms with Gasteiger partial charge in [0.15, 0.2) is 0 Å². The zero-order valence-electron chi connectivity index (χ0n) is 33.4. The fraction of sp³-hybridized carbons (Fsp3) is 0.250. The van der Waals surface area contributed by atoms with Gasteiger partial charge in [0, 0.05) is 50.5 Å². The predicted molar refractivity (Wildman–Crippen MR) is 244 cm³/mol. The monoisotopic (exact) mass is 756 g/mol. The van der Waals surface area contributed by atoms with E-state index in [1.807, 2.05) is 0 Å². The molecule has 0 amide bonds. The van der Waals surface area contributed by atoms with Gasteiger partial charge in [-0.2, -0.15) is 0 Å². The minimum atomic E-state index is 0.119. The lowest BCUT2D eigenvalue weighted by Crippen LogP contribution is -2.61. The molecule has 7 aromatic carbocycles. The molecule has 2 nitrogen and oxygen atoms in total.